The van der Waals surface area contributed by atoms with Crippen LogP contribution in [-0.2, 0) is 9.59 Å². The molecule has 0 bridgehead atoms. The molecule has 0 unspecified atom stereocenters. The van der Waals surface area contributed by atoms with Gasteiger partial charge >= 0.3 is 0 Å². The van der Waals surface area contributed by atoms with E-state index in [1.54, 1.807) is 0 Å². The Morgan fingerprint density at radius 2 is 1.20 bits per heavy atom. The van der Waals surface area contributed by atoms with E-state index in [-0.39, 0.29) is 0 Å². The van der Waals surface area contributed by atoms with Crippen molar-refractivity contribution in [2.75, 3.05) is 0 Å². The number of hydrogen-bond acceptors (Lipinski definition) is 2. The molecule has 0 aliphatic rings. The Morgan fingerprint density at radius 3 is 1.40 bits per heavy atom. The molecule has 0 fully saturated rings. The monoisotopic (exact) mass is 140 g/mol. The second kappa shape index (κ2) is 4.31. The van der Waals surface area contributed by atoms with Gasteiger partial charge in [-0.05, 0) is 0 Å². The Hall–Kier alpha value is -1.58. The van der Waals surface area contributed by atoms with Gasteiger partial charge in [-0.1, -0.05) is 12.2 Å². The second-order valence-corrected chi connectivity index (χ2v) is 1.52. The van der Waals surface area contributed by atoms with Crippen LogP contribution in [0.15, 0.2) is 24.3 Å². The smallest absolute Gasteiger partial charge is 0.241 e. The topological polar surface area (TPSA) is 86.2 Å². The minimum absolute atomic E-state index is 0.561. The third kappa shape index (κ3) is 6.42. The van der Waals surface area contributed by atoms with Gasteiger partial charge in [0, 0.05) is 12.2 Å². The maximum absolute atomic E-state index is 10.0. The molecule has 4 heteroatoms. The lowest BCUT2D eigenvalue weighted by molar-refractivity contribution is -0.114. The molecule has 54 valence electrons. The van der Waals surface area contributed by atoms with Crippen molar-refractivity contribution in [2.24, 2.45) is 11.5 Å². The van der Waals surface area contributed by atoms with Crippen molar-refractivity contribution in [3.05, 3.63) is 24.3 Å². The first-order chi connectivity index (χ1) is 4.63. The maximum Gasteiger partial charge on any atom is 0.241 e. The van der Waals surface area contributed by atoms with Crippen molar-refractivity contribution < 1.29 is 9.59 Å². The van der Waals surface area contributed by atoms with Gasteiger partial charge in [-0.25, -0.2) is 0 Å². The molecule has 0 heterocycles. The number of carbonyl (C=O) groups is 2. The second-order valence-electron chi connectivity index (χ2n) is 1.52. The molecule has 0 saturated carbocycles. The molecule has 0 atom stereocenters. The lowest BCUT2D eigenvalue weighted by Gasteiger charge is -1.76. The van der Waals surface area contributed by atoms with Gasteiger partial charge in [0.05, 0.1) is 0 Å². The van der Waals surface area contributed by atoms with E-state index in [1.165, 1.54) is 12.2 Å². The standard InChI is InChI=1S/C6H8N2O2/c7-5(9)3-1-2-4-6(8)10/h1-4H,(H2,7,9)(H2,8,10)/b3-1-,4-2+. The van der Waals surface area contributed by atoms with Gasteiger partial charge in [-0.2, -0.15) is 0 Å². The summed E-state index contributed by atoms with van der Waals surface area (Å²) in [6, 6.07) is 0. The van der Waals surface area contributed by atoms with Crippen molar-refractivity contribution in [1.82, 2.24) is 0 Å². The predicted octanol–water partition coefficient (Wildman–Crippen LogP) is -0.931. The van der Waals surface area contributed by atoms with E-state index >= 15 is 0 Å². The Labute approximate surface area is 58.2 Å². The quantitative estimate of drug-likeness (QED) is 0.392. The third-order valence-corrected chi connectivity index (χ3v) is 0.632. The zero-order valence-electron chi connectivity index (χ0n) is 5.28. The van der Waals surface area contributed by atoms with Crippen LogP contribution in [0, 0.1) is 0 Å². The van der Waals surface area contributed by atoms with Crippen LogP contribution < -0.4 is 11.5 Å². The summed E-state index contributed by atoms with van der Waals surface area (Å²) in [7, 11) is 0. The van der Waals surface area contributed by atoms with Crippen molar-refractivity contribution >= 4 is 11.8 Å². The van der Waals surface area contributed by atoms with Crippen LogP contribution in [-0.4, -0.2) is 11.8 Å². The number of amides is 2. The van der Waals surface area contributed by atoms with E-state index < -0.39 is 11.8 Å². The summed E-state index contributed by atoms with van der Waals surface area (Å²) in [5.74, 6) is -1.12. The van der Waals surface area contributed by atoms with Crippen LogP contribution in [0.2, 0.25) is 0 Å². The lowest BCUT2D eigenvalue weighted by Crippen LogP contribution is -2.06. The molecule has 4 nitrogen and oxygen atoms in total. The Kier molecular flexibility index (Phi) is 3.63. The lowest BCUT2D eigenvalue weighted by atomic mass is 10.4. The fourth-order valence-corrected chi connectivity index (χ4v) is 0.301. The van der Waals surface area contributed by atoms with Gasteiger partial charge < -0.3 is 11.5 Å². The van der Waals surface area contributed by atoms with Crippen LogP contribution in [0.3, 0.4) is 0 Å². The molecule has 0 aromatic rings. The molecule has 4 N–H and O–H groups in total. The molecule has 0 aromatic heterocycles. The highest BCUT2D eigenvalue weighted by molar-refractivity contribution is 5.88. The molecule has 0 rings (SSSR count). The summed E-state index contributed by atoms with van der Waals surface area (Å²) < 4.78 is 0. The van der Waals surface area contributed by atoms with Crippen LogP contribution >= 0.6 is 0 Å². The first kappa shape index (κ1) is 8.42. The summed E-state index contributed by atoms with van der Waals surface area (Å²) in [6.07, 6.45) is 4.93. The summed E-state index contributed by atoms with van der Waals surface area (Å²) in [6.45, 7) is 0. The summed E-state index contributed by atoms with van der Waals surface area (Å²) >= 11 is 0. The van der Waals surface area contributed by atoms with E-state index in [0.717, 1.165) is 12.2 Å². The van der Waals surface area contributed by atoms with Gasteiger partial charge in [0.15, 0.2) is 0 Å². The van der Waals surface area contributed by atoms with Crippen molar-refractivity contribution in [2.45, 2.75) is 0 Å². The van der Waals surface area contributed by atoms with Gasteiger partial charge in [0.2, 0.25) is 11.8 Å². The largest absolute Gasteiger partial charge is 0.366 e. The average molecular weight is 140 g/mol. The SMILES string of the molecule is NC(=O)/C=C\C=C\C(N)=O. The van der Waals surface area contributed by atoms with Gasteiger partial charge in [0.1, 0.15) is 0 Å². The minimum atomic E-state index is -0.561. The van der Waals surface area contributed by atoms with E-state index in [9.17, 15) is 9.59 Å². The van der Waals surface area contributed by atoms with Crippen molar-refractivity contribution in [1.29, 1.82) is 0 Å². The molecule has 0 aromatic carbocycles. The molecule has 0 spiro atoms. The molecule has 2 amide bonds. The van der Waals surface area contributed by atoms with E-state index in [2.05, 4.69) is 0 Å². The maximum atomic E-state index is 10.0. The van der Waals surface area contributed by atoms with Gasteiger partial charge in [-0.15, -0.1) is 0 Å². The number of rotatable bonds is 3. The average Bonchev–Trinajstić information content (AvgIpc) is 1.79. The van der Waals surface area contributed by atoms with Crippen LogP contribution in [0.1, 0.15) is 0 Å². The Bertz CT molecular complexity index is 172. The van der Waals surface area contributed by atoms with Gasteiger partial charge in [-0.3, -0.25) is 9.59 Å². The van der Waals surface area contributed by atoms with E-state index in [0.29, 0.717) is 0 Å². The Balaban J connectivity index is 3.73. The zero-order chi connectivity index (χ0) is 7.98. The van der Waals surface area contributed by atoms with E-state index in [4.69, 9.17) is 11.5 Å². The fourth-order valence-electron chi connectivity index (χ4n) is 0.301. The number of carbonyl (C=O) groups excluding carboxylic acids is 2. The fraction of sp³-hybridized carbons (Fsp3) is 0. The summed E-state index contributed by atoms with van der Waals surface area (Å²) in [4.78, 5) is 20.1. The molecule has 0 aliphatic carbocycles. The van der Waals surface area contributed by atoms with Crippen molar-refractivity contribution in [3.8, 4) is 0 Å². The van der Waals surface area contributed by atoms with Crippen LogP contribution in [0.4, 0.5) is 0 Å². The highest BCUT2D eigenvalue weighted by atomic mass is 16.1. The number of nitrogens with two attached hydrogens (primary N) is 2. The molecule has 0 radical (unpaired) electrons. The van der Waals surface area contributed by atoms with Crippen LogP contribution in [0.5, 0.6) is 0 Å². The summed E-state index contributed by atoms with van der Waals surface area (Å²) in [5.41, 5.74) is 9.47. The molecule has 0 aliphatic heterocycles. The normalized spacial score (nSPS) is 10.8. The zero-order valence-corrected chi connectivity index (χ0v) is 5.28. The van der Waals surface area contributed by atoms with Crippen LogP contribution in [0.25, 0.3) is 0 Å². The highest BCUT2D eigenvalue weighted by Crippen LogP contribution is 1.74. The van der Waals surface area contributed by atoms with Crippen molar-refractivity contribution in [3.63, 3.8) is 0 Å². The Morgan fingerprint density at radius 1 is 0.900 bits per heavy atom. The van der Waals surface area contributed by atoms with Gasteiger partial charge in [0.25, 0.3) is 0 Å². The highest BCUT2D eigenvalue weighted by Gasteiger charge is 1.79. The third-order valence-electron chi connectivity index (χ3n) is 0.632. The number of hydrogen-bond donors (Lipinski definition) is 2. The molecular formula is C6H8N2O2. The van der Waals surface area contributed by atoms with E-state index in [1.807, 2.05) is 0 Å². The predicted molar refractivity (Wildman–Crippen MR) is 36.7 cm³/mol. The molecule has 10 heavy (non-hydrogen) atoms. The first-order valence-corrected chi connectivity index (χ1v) is 2.56. The summed E-state index contributed by atoms with van der Waals surface area (Å²) in [5, 5.41) is 0. The molecular weight excluding hydrogens is 132 g/mol. The molecule has 0 saturated heterocycles. The number of allylic oxidation sites excluding steroid dienone is 2. The minimum Gasteiger partial charge on any atom is -0.366 e. The first-order valence-electron chi connectivity index (χ1n) is 2.56. The number of primary amides is 2.